The van der Waals surface area contributed by atoms with Crippen molar-refractivity contribution in [3.8, 4) is 5.75 Å². The molecule has 4 unspecified atom stereocenters. The Morgan fingerprint density at radius 1 is 1.24 bits per heavy atom. The number of fused-ring (bicyclic) bond motifs is 2. The summed E-state index contributed by atoms with van der Waals surface area (Å²) < 4.78 is 33.4. The third kappa shape index (κ3) is 2.78. The first-order chi connectivity index (χ1) is 10.1. The van der Waals surface area contributed by atoms with Crippen molar-refractivity contribution < 1.29 is 13.5 Å². The van der Waals surface area contributed by atoms with Crippen LogP contribution in [-0.2, 0) is 0 Å². The number of halogens is 2. The predicted molar refractivity (Wildman–Crippen MR) is 78.3 cm³/mol. The number of ether oxygens (including phenoxy) is 1. The van der Waals surface area contributed by atoms with E-state index >= 15 is 0 Å². The number of rotatable bonds is 5. The summed E-state index contributed by atoms with van der Waals surface area (Å²) in [5.41, 5.74) is 0.154. The van der Waals surface area contributed by atoms with E-state index in [0.717, 1.165) is 18.3 Å². The van der Waals surface area contributed by atoms with Crippen LogP contribution in [0.4, 0.5) is 8.78 Å². The van der Waals surface area contributed by atoms with Gasteiger partial charge < -0.3 is 10.1 Å². The largest absolute Gasteiger partial charge is 0.497 e. The summed E-state index contributed by atoms with van der Waals surface area (Å²) in [6.45, 7) is 0. The summed E-state index contributed by atoms with van der Waals surface area (Å²) in [5, 5.41) is 3.10. The number of benzene rings is 1. The first-order valence-electron chi connectivity index (χ1n) is 7.82. The van der Waals surface area contributed by atoms with Gasteiger partial charge in [0.05, 0.1) is 7.11 Å². The zero-order valence-corrected chi connectivity index (χ0v) is 12.7. The Morgan fingerprint density at radius 3 is 2.43 bits per heavy atom. The predicted octanol–water partition coefficient (Wildman–Crippen LogP) is 4.06. The summed E-state index contributed by atoms with van der Waals surface area (Å²) >= 11 is 0. The van der Waals surface area contributed by atoms with Gasteiger partial charge >= 0.3 is 0 Å². The van der Waals surface area contributed by atoms with Gasteiger partial charge in [-0.2, -0.15) is 0 Å². The minimum Gasteiger partial charge on any atom is -0.497 e. The zero-order valence-electron chi connectivity index (χ0n) is 12.7. The zero-order chi connectivity index (χ0) is 15.0. The molecule has 0 radical (unpaired) electrons. The molecule has 0 saturated heterocycles. The minimum absolute atomic E-state index is 0.154. The van der Waals surface area contributed by atoms with Crippen molar-refractivity contribution >= 4 is 0 Å². The van der Waals surface area contributed by atoms with E-state index in [1.54, 1.807) is 7.05 Å². The molecule has 4 atom stereocenters. The second kappa shape index (κ2) is 5.91. The van der Waals surface area contributed by atoms with Crippen molar-refractivity contribution in [1.82, 2.24) is 5.32 Å². The summed E-state index contributed by atoms with van der Waals surface area (Å²) in [7, 11) is 3.19. The van der Waals surface area contributed by atoms with Gasteiger partial charge in [0.25, 0.3) is 0 Å². The molecule has 2 aliphatic carbocycles. The van der Waals surface area contributed by atoms with E-state index in [4.69, 9.17) is 4.74 Å². The monoisotopic (exact) mass is 295 g/mol. The van der Waals surface area contributed by atoms with Gasteiger partial charge in [-0.15, -0.1) is 0 Å². The van der Waals surface area contributed by atoms with Crippen LogP contribution in [0.3, 0.4) is 0 Å². The lowest BCUT2D eigenvalue weighted by molar-refractivity contribution is 0.278. The highest BCUT2D eigenvalue weighted by Gasteiger charge is 2.40. The van der Waals surface area contributed by atoms with Crippen molar-refractivity contribution in [3.63, 3.8) is 0 Å². The fraction of sp³-hybridized carbons (Fsp3) is 0.647. The molecule has 2 fully saturated rings. The molecule has 0 spiro atoms. The van der Waals surface area contributed by atoms with E-state index in [9.17, 15) is 8.78 Å². The fourth-order valence-electron chi connectivity index (χ4n) is 4.36. The van der Waals surface area contributed by atoms with Gasteiger partial charge in [0.15, 0.2) is 0 Å². The van der Waals surface area contributed by atoms with Crippen LogP contribution in [-0.4, -0.2) is 14.2 Å². The third-order valence-electron chi connectivity index (χ3n) is 5.41. The lowest BCUT2D eigenvalue weighted by Gasteiger charge is -2.27. The molecule has 0 aromatic heterocycles. The number of hydrogen-bond donors (Lipinski definition) is 1. The Labute approximate surface area is 124 Å². The van der Waals surface area contributed by atoms with Crippen molar-refractivity contribution in [1.29, 1.82) is 0 Å². The second-order valence-corrected chi connectivity index (χ2v) is 6.52. The van der Waals surface area contributed by atoms with Crippen molar-refractivity contribution in [2.24, 2.45) is 17.8 Å². The molecular weight excluding hydrogens is 272 g/mol. The van der Waals surface area contributed by atoms with Gasteiger partial charge in [0.1, 0.15) is 17.4 Å². The van der Waals surface area contributed by atoms with Gasteiger partial charge in [-0.3, -0.25) is 0 Å². The normalized spacial score (nSPS) is 28.9. The lowest BCUT2D eigenvalue weighted by Crippen LogP contribution is -2.24. The van der Waals surface area contributed by atoms with Gasteiger partial charge in [-0.1, -0.05) is 6.42 Å². The number of hydrogen-bond acceptors (Lipinski definition) is 2. The minimum atomic E-state index is -0.519. The summed E-state index contributed by atoms with van der Waals surface area (Å²) in [6.07, 6.45) is 5.99. The molecule has 1 aromatic rings. The molecule has 2 bridgehead atoms. The first-order valence-corrected chi connectivity index (χ1v) is 7.82. The topological polar surface area (TPSA) is 21.3 Å². The van der Waals surface area contributed by atoms with Crippen LogP contribution in [0, 0.1) is 29.4 Å². The van der Waals surface area contributed by atoms with E-state index in [2.05, 4.69) is 5.32 Å². The molecule has 4 heteroatoms. The average molecular weight is 295 g/mol. The summed E-state index contributed by atoms with van der Waals surface area (Å²) in [6, 6.07) is 2.27. The van der Waals surface area contributed by atoms with Crippen LogP contribution in [0.5, 0.6) is 5.75 Å². The van der Waals surface area contributed by atoms with Crippen LogP contribution in [0.25, 0.3) is 0 Å². The Hall–Kier alpha value is -1.16. The van der Waals surface area contributed by atoms with Crippen molar-refractivity contribution in [2.45, 2.75) is 38.1 Å². The summed E-state index contributed by atoms with van der Waals surface area (Å²) in [5.74, 6) is 1.40. The van der Waals surface area contributed by atoms with E-state index in [0.29, 0.717) is 5.92 Å². The third-order valence-corrected chi connectivity index (χ3v) is 5.41. The Balaban J connectivity index is 1.80. The van der Waals surface area contributed by atoms with Gasteiger partial charge in [0, 0.05) is 23.7 Å². The Kier molecular flexibility index (Phi) is 4.16. The molecule has 2 saturated carbocycles. The molecule has 116 valence electrons. The standard InChI is InChI=1S/C17H23F2NO/c1-20-16(7-12-6-10-3-4-11(12)5-10)17-14(18)8-13(21-2)9-15(17)19/h8-12,16,20H,3-7H2,1-2H3. The Bertz CT molecular complexity index is 497. The van der Waals surface area contributed by atoms with Crippen molar-refractivity contribution in [2.75, 3.05) is 14.2 Å². The maximum atomic E-state index is 14.2. The highest BCUT2D eigenvalue weighted by molar-refractivity contribution is 5.32. The average Bonchev–Trinajstić information content (AvgIpc) is 3.07. The quantitative estimate of drug-likeness (QED) is 0.884. The van der Waals surface area contributed by atoms with Crippen LogP contribution in [0.2, 0.25) is 0 Å². The maximum absolute atomic E-state index is 14.2. The highest BCUT2D eigenvalue weighted by atomic mass is 19.1. The molecule has 2 aliphatic rings. The molecule has 1 aromatic carbocycles. The molecule has 21 heavy (non-hydrogen) atoms. The van der Waals surface area contributed by atoms with Crippen LogP contribution in [0.1, 0.15) is 43.7 Å². The lowest BCUT2D eigenvalue weighted by atomic mass is 9.82. The summed E-state index contributed by atoms with van der Waals surface area (Å²) in [4.78, 5) is 0. The Morgan fingerprint density at radius 2 is 1.95 bits per heavy atom. The SMILES string of the molecule is CNC(CC1CC2CCC1C2)c1c(F)cc(OC)cc1F. The van der Waals surface area contributed by atoms with E-state index in [1.807, 2.05) is 0 Å². The van der Waals surface area contributed by atoms with E-state index in [-0.39, 0.29) is 17.4 Å². The molecule has 2 nitrogen and oxygen atoms in total. The van der Waals surface area contributed by atoms with Crippen LogP contribution < -0.4 is 10.1 Å². The molecule has 3 rings (SSSR count). The van der Waals surface area contributed by atoms with Crippen LogP contribution >= 0.6 is 0 Å². The highest BCUT2D eigenvalue weighted by Crippen LogP contribution is 2.51. The maximum Gasteiger partial charge on any atom is 0.134 e. The molecular formula is C17H23F2NO. The van der Waals surface area contributed by atoms with E-state index in [1.165, 1.54) is 44.9 Å². The fourth-order valence-corrected chi connectivity index (χ4v) is 4.36. The van der Waals surface area contributed by atoms with E-state index < -0.39 is 11.6 Å². The molecule has 1 N–H and O–H groups in total. The first kappa shape index (κ1) is 14.8. The molecule has 0 heterocycles. The second-order valence-electron chi connectivity index (χ2n) is 6.52. The van der Waals surface area contributed by atoms with Gasteiger partial charge in [-0.25, -0.2) is 8.78 Å². The number of nitrogens with one attached hydrogen (secondary N) is 1. The van der Waals surface area contributed by atoms with Gasteiger partial charge in [0.2, 0.25) is 0 Å². The van der Waals surface area contributed by atoms with Crippen molar-refractivity contribution in [3.05, 3.63) is 29.3 Å². The number of methoxy groups -OCH3 is 1. The molecule has 0 amide bonds. The van der Waals surface area contributed by atoms with Gasteiger partial charge in [-0.05, 0) is 50.5 Å². The van der Waals surface area contributed by atoms with Crippen LogP contribution in [0.15, 0.2) is 12.1 Å². The smallest absolute Gasteiger partial charge is 0.134 e. The molecule has 0 aliphatic heterocycles.